The van der Waals surface area contributed by atoms with E-state index in [9.17, 15) is 13.2 Å². The SMILES string of the molecule is CN(c1ccccc1)S(=O)(=O)c1cccc(C(=O)NCC2CCCNC2)c1.Cl. The van der Waals surface area contributed by atoms with E-state index in [4.69, 9.17) is 0 Å². The Morgan fingerprint density at radius 3 is 2.61 bits per heavy atom. The average Bonchev–Trinajstić information content (AvgIpc) is 2.73. The summed E-state index contributed by atoms with van der Waals surface area (Å²) in [6.07, 6.45) is 2.20. The van der Waals surface area contributed by atoms with Crippen LogP contribution in [0.3, 0.4) is 0 Å². The van der Waals surface area contributed by atoms with Gasteiger partial charge in [0, 0.05) is 19.2 Å². The third kappa shape index (κ3) is 5.25. The number of sulfonamides is 1. The summed E-state index contributed by atoms with van der Waals surface area (Å²) in [7, 11) is -2.23. The minimum atomic E-state index is -3.74. The molecule has 28 heavy (non-hydrogen) atoms. The minimum absolute atomic E-state index is 0. The van der Waals surface area contributed by atoms with E-state index in [1.54, 1.807) is 36.4 Å². The summed E-state index contributed by atoms with van der Waals surface area (Å²) < 4.78 is 27.0. The molecule has 2 N–H and O–H groups in total. The number of halogens is 1. The zero-order valence-corrected chi connectivity index (χ0v) is 17.4. The molecule has 0 aromatic heterocycles. The van der Waals surface area contributed by atoms with Crippen molar-refractivity contribution in [2.75, 3.05) is 31.0 Å². The predicted octanol–water partition coefficient (Wildman–Crippen LogP) is 2.66. The summed E-state index contributed by atoms with van der Waals surface area (Å²) in [5.74, 6) is 0.166. The summed E-state index contributed by atoms with van der Waals surface area (Å²) in [5.41, 5.74) is 0.915. The lowest BCUT2D eigenvalue weighted by Crippen LogP contribution is -2.38. The Morgan fingerprint density at radius 1 is 1.18 bits per heavy atom. The van der Waals surface area contributed by atoms with Crippen molar-refractivity contribution in [1.29, 1.82) is 0 Å². The van der Waals surface area contributed by atoms with Crippen LogP contribution < -0.4 is 14.9 Å². The number of nitrogens with one attached hydrogen (secondary N) is 2. The van der Waals surface area contributed by atoms with Crippen LogP contribution in [0.1, 0.15) is 23.2 Å². The molecular weight excluding hydrogens is 398 g/mol. The maximum atomic E-state index is 12.9. The number of rotatable bonds is 6. The van der Waals surface area contributed by atoms with Crippen molar-refractivity contribution in [2.24, 2.45) is 5.92 Å². The maximum Gasteiger partial charge on any atom is 0.264 e. The number of carbonyl (C=O) groups excluding carboxylic acids is 1. The summed E-state index contributed by atoms with van der Waals surface area (Å²) in [6, 6.07) is 15.0. The molecule has 0 bridgehead atoms. The average molecular weight is 424 g/mol. The number of amides is 1. The van der Waals surface area contributed by atoms with Crippen LogP contribution in [-0.4, -0.2) is 41.0 Å². The van der Waals surface area contributed by atoms with Gasteiger partial charge < -0.3 is 10.6 Å². The number of benzene rings is 2. The third-order valence-corrected chi connectivity index (χ3v) is 6.61. The van der Waals surface area contributed by atoms with Crippen molar-refractivity contribution in [3.63, 3.8) is 0 Å². The summed E-state index contributed by atoms with van der Waals surface area (Å²) in [6.45, 7) is 2.52. The van der Waals surface area contributed by atoms with Crippen LogP contribution in [0.5, 0.6) is 0 Å². The van der Waals surface area contributed by atoms with Gasteiger partial charge in [0.15, 0.2) is 0 Å². The molecule has 0 saturated carbocycles. The van der Waals surface area contributed by atoms with E-state index in [2.05, 4.69) is 10.6 Å². The quantitative estimate of drug-likeness (QED) is 0.748. The van der Waals surface area contributed by atoms with Crippen molar-refractivity contribution in [2.45, 2.75) is 17.7 Å². The number of piperidine rings is 1. The Bertz CT molecular complexity index is 885. The summed E-state index contributed by atoms with van der Waals surface area (Å²) >= 11 is 0. The molecule has 1 unspecified atom stereocenters. The van der Waals surface area contributed by atoms with Crippen LogP contribution in [-0.2, 0) is 10.0 Å². The molecule has 1 amide bonds. The lowest BCUT2D eigenvalue weighted by Gasteiger charge is -2.23. The van der Waals surface area contributed by atoms with E-state index in [0.29, 0.717) is 23.7 Å². The van der Waals surface area contributed by atoms with Gasteiger partial charge in [0.1, 0.15) is 0 Å². The van der Waals surface area contributed by atoms with Gasteiger partial charge in [-0.25, -0.2) is 8.42 Å². The largest absolute Gasteiger partial charge is 0.352 e. The van der Waals surface area contributed by atoms with E-state index < -0.39 is 10.0 Å². The number of para-hydroxylation sites is 1. The fourth-order valence-corrected chi connectivity index (χ4v) is 4.41. The Morgan fingerprint density at radius 2 is 1.93 bits per heavy atom. The molecule has 0 radical (unpaired) electrons. The second-order valence-corrected chi connectivity index (χ2v) is 8.73. The molecule has 8 heteroatoms. The Hall–Kier alpha value is -2.09. The second kappa shape index (κ2) is 9.91. The fourth-order valence-electron chi connectivity index (χ4n) is 3.17. The number of carbonyl (C=O) groups is 1. The molecule has 1 fully saturated rings. The molecule has 0 aliphatic carbocycles. The molecule has 6 nitrogen and oxygen atoms in total. The summed E-state index contributed by atoms with van der Waals surface area (Å²) in [5, 5.41) is 6.24. The first kappa shape index (κ1) is 22.2. The van der Waals surface area contributed by atoms with Crippen LogP contribution in [0.2, 0.25) is 0 Å². The molecule has 1 heterocycles. The van der Waals surface area contributed by atoms with Crippen LogP contribution >= 0.6 is 12.4 Å². The first-order chi connectivity index (χ1) is 13.0. The molecule has 3 rings (SSSR count). The van der Waals surface area contributed by atoms with E-state index in [-0.39, 0.29) is 23.2 Å². The molecule has 1 aliphatic heterocycles. The lowest BCUT2D eigenvalue weighted by molar-refractivity contribution is 0.0944. The minimum Gasteiger partial charge on any atom is -0.352 e. The van der Waals surface area contributed by atoms with Gasteiger partial charge >= 0.3 is 0 Å². The molecule has 1 aliphatic rings. The van der Waals surface area contributed by atoms with Gasteiger partial charge in [-0.05, 0) is 62.2 Å². The highest BCUT2D eigenvalue weighted by atomic mass is 35.5. The van der Waals surface area contributed by atoms with E-state index in [1.165, 1.54) is 23.5 Å². The van der Waals surface area contributed by atoms with Crippen molar-refractivity contribution in [3.05, 3.63) is 60.2 Å². The fraction of sp³-hybridized carbons (Fsp3) is 0.350. The number of hydrogen-bond donors (Lipinski definition) is 2. The van der Waals surface area contributed by atoms with Gasteiger partial charge in [-0.15, -0.1) is 12.4 Å². The molecular formula is C20H26ClN3O3S. The van der Waals surface area contributed by atoms with Gasteiger partial charge in [-0.3, -0.25) is 9.10 Å². The van der Waals surface area contributed by atoms with Crippen LogP contribution in [0.15, 0.2) is 59.5 Å². The van der Waals surface area contributed by atoms with Gasteiger partial charge in [0.05, 0.1) is 10.6 Å². The van der Waals surface area contributed by atoms with Gasteiger partial charge in [-0.2, -0.15) is 0 Å². The van der Waals surface area contributed by atoms with Crippen molar-refractivity contribution >= 4 is 34.0 Å². The Labute approximate surface area is 172 Å². The number of nitrogens with zero attached hydrogens (tertiary/aromatic N) is 1. The zero-order chi connectivity index (χ0) is 19.3. The Balaban J connectivity index is 0.00000280. The first-order valence-electron chi connectivity index (χ1n) is 9.11. The number of anilines is 1. The number of hydrogen-bond acceptors (Lipinski definition) is 4. The highest BCUT2D eigenvalue weighted by Crippen LogP contribution is 2.22. The standard InChI is InChI=1S/C20H25N3O3S.ClH/c1-23(18-9-3-2-4-10-18)27(25,26)19-11-5-8-17(13-19)20(24)22-15-16-7-6-12-21-14-16;/h2-5,8-11,13,16,21H,6-7,12,14-15H2,1H3,(H,22,24);1H. The van der Waals surface area contributed by atoms with E-state index in [0.717, 1.165) is 25.9 Å². The maximum absolute atomic E-state index is 12.9. The third-order valence-electron chi connectivity index (χ3n) is 4.82. The normalized spacial score (nSPS) is 16.7. The highest BCUT2D eigenvalue weighted by Gasteiger charge is 2.22. The van der Waals surface area contributed by atoms with Crippen molar-refractivity contribution < 1.29 is 13.2 Å². The van der Waals surface area contributed by atoms with E-state index >= 15 is 0 Å². The van der Waals surface area contributed by atoms with Gasteiger partial charge in [0.25, 0.3) is 15.9 Å². The molecule has 2 aromatic rings. The first-order valence-corrected chi connectivity index (χ1v) is 10.6. The predicted molar refractivity (Wildman–Crippen MR) is 114 cm³/mol. The smallest absolute Gasteiger partial charge is 0.264 e. The monoisotopic (exact) mass is 423 g/mol. The van der Waals surface area contributed by atoms with Gasteiger partial charge in [0.2, 0.25) is 0 Å². The van der Waals surface area contributed by atoms with Gasteiger partial charge in [-0.1, -0.05) is 24.3 Å². The lowest BCUT2D eigenvalue weighted by atomic mass is 10.00. The summed E-state index contributed by atoms with van der Waals surface area (Å²) in [4.78, 5) is 12.6. The van der Waals surface area contributed by atoms with Crippen LogP contribution in [0.4, 0.5) is 5.69 Å². The highest BCUT2D eigenvalue weighted by molar-refractivity contribution is 7.92. The van der Waals surface area contributed by atoms with E-state index in [1.807, 2.05) is 6.07 Å². The van der Waals surface area contributed by atoms with Crippen molar-refractivity contribution in [1.82, 2.24) is 10.6 Å². The van der Waals surface area contributed by atoms with Crippen LogP contribution in [0, 0.1) is 5.92 Å². The second-order valence-electron chi connectivity index (χ2n) is 6.76. The Kier molecular flexibility index (Phi) is 7.86. The molecule has 1 atom stereocenters. The van der Waals surface area contributed by atoms with Crippen molar-refractivity contribution in [3.8, 4) is 0 Å². The molecule has 1 saturated heterocycles. The molecule has 2 aromatic carbocycles. The molecule has 0 spiro atoms. The topological polar surface area (TPSA) is 78.5 Å². The molecule has 152 valence electrons. The zero-order valence-electron chi connectivity index (χ0n) is 15.8. The van der Waals surface area contributed by atoms with Crippen LogP contribution in [0.25, 0.3) is 0 Å².